The summed E-state index contributed by atoms with van der Waals surface area (Å²) in [6.07, 6.45) is 0.608. The van der Waals surface area contributed by atoms with Gasteiger partial charge in [-0.15, -0.1) is 0 Å². The summed E-state index contributed by atoms with van der Waals surface area (Å²) in [5, 5.41) is 12.5. The number of aromatic hydroxyl groups is 1. The Labute approximate surface area is 112 Å². The second-order valence-corrected chi connectivity index (χ2v) is 4.09. The molecule has 0 radical (unpaired) electrons. The lowest BCUT2D eigenvalue weighted by Crippen LogP contribution is -2.39. The Morgan fingerprint density at radius 2 is 2.21 bits per heavy atom. The highest BCUT2D eigenvalue weighted by Crippen LogP contribution is 2.23. The van der Waals surface area contributed by atoms with Gasteiger partial charge in [0.2, 0.25) is 0 Å². The predicted molar refractivity (Wildman–Crippen MR) is 71.5 cm³/mol. The number of methoxy groups -OCH3 is 2. The normalized spacial score (nSPS) is 11.9. The molecule has 4 N–H and O–H groups in total. The van der Waals surface area contributed by atoms with Crippen LogP contribution in [0.25, 0.3) is 0 Å². The van der Waals surface area contributed by atoms with Crippen molar-refractivity contribution in [3.8, 4) is 11.5 Å². The molecule has 106 valence electrons. The van der Waals surface area contributed by atoms with Crippen LogP contribution in [0.3, 0.4) is 0 Å². The first-order valence-corrected chi connectivity index (χ1v) is 5.99. The van der Waals surface area contributed by atoms with E-state index in [1.165, 1.54) is 19.2 Å². The quantitative estimate of drug-likeness (QED) is 0.669. The van der Waals surface area contributed by atoms with E-state index in [1.807, 2.05) is 0 Å². The van der Waals surface area contributed by atoms with Gasteiger partial charge in [0.25, 0.3) is 5.91 Å². The van der Waals surface area contributed by atoms with E-state index < -0.39 is 0 Å². The largest absolute Gasteiger partial charge is 0.507 e. The number of hydrogen-bond acceptors (Lipinski definition) is 5. The number of phenolic OH excluding ortho intramolecular Hbond substituents is 1. The van der Waals surface area contributed by atoms with Crippen LogP contribution in [0.1, 0.15) is 16.8 Å². The number of nitrogens with two attached hydrogens (primary N) is 1. The Hall–Kier alpha value is -1.79. The first-order chi connectivity index (χ1) is 9.12. The molecular weight excluding hydrogens is 248 g/mol. The summed E-state index contributed by atoms with van der Waals surface area (Å²) in [6, 6.07) is 4.34. The maximum absolute atomic E-state index is 12.0. The van der Waals surface area contributed by atoms with Crippen LogP contribution >= 0.6 is 0 Å². The fraction of sp³-hybridized carbons (Fsp3) is 0.462. The fourth-order valence-corrected chi connectivity index (χ4v) is 1.69. The minimum Gasteiger partial charge on any atom is -0.507 e. The molecule has 0 aromatic heterocycles. The minimum absolute atomic E-state index is 0.124. The third-order valence-electron chi connectivity index (χ3n) is 2.67. The van der Waals surface area contributed by atoms with E-state index >= 15 is 0 Å². The van der Waals surface area contributed by atoms with Crippen molar-refractivity contribution < 1.29 is 19.4 Å². The maximum atomic E-state index is 12.0. The maximum Gasteiger partial charge on any atom is 0.255 e. The number of benzene rings is 1. The van der Waals surface area contributed by atoms with Gasteiger partial charge in [0, 0.05) is 13.2 Å². The van der Waals surface area contributed by atoms with Gasteiger partial charge in [0.05, 0.1) is 25.3 Å². The predicted octanol–water partition coefficient (Wildman–Crippen LogP) is 0.494. The van der Waals surface area contributed by atoms with Gasteiger partial charge in [-0.2, -0.15) is 0 Å². The molecule has 19 heavy (non-hydrogen) atoms. The zero-order valence-corrected chi connectivity index (χ0v) is 11.2. The molecule has 1 unspecified atom stereocenters. The molecule has 0 heterocycles. The Balaban J connectivity index is 2.76. The third kappa shape index (κ3) is 4.42. The van der Waals surface area contributed by atoms with Crippen LogP contribution in [0.2, 0.25) is 0 Å². The lowest BCUT2D eigenvalue weighted by atomic mass is 10.1. The molecule has 0 spiro atoms. The van der Waals surface area contributed by atoms with Crippen LogP contribution in [0, 0.1) is 0 Å². The first kappa shape index (κ1) is 15.3. The molecule has 0 aliphatic rings. The summed E-state index contributed by atoms with van der Waals surface area (Å²) in [5.41, 5.74) is 5.66. The van der Waals surface area contributed by atoms with Gasteiger partial charge in [-0.3, -0.25) is 4.79 Å². The monoisotopic (exact) mass is 268 g/mol. The standard InChI is InChI=1S/C13H20N2O4/c1-18-8-9(5-6-14)15-13(17)11-4-3-10(19-2)7-12(11)16/h3-4,7,9,16H,5-6,8,14H2,1-2H3,(H,15,17). The molecule has 1 amide bonds. The second kappa shape index (κ2) is 7.60. The van der Waals surface area contributed by atoms with Gasteiger partial charge in [-0.25, -0.2) is 0 Å². The zero-order valence-electron chi connectivity index (χ0n) is 11.2. The summed E-state index contributed by atoms with van der Waals surface area (Å²) in [4.78, 5) is 12.0. The van der Waals surface area contributed by atoms with Gasteiger partial charge < -0.3 is 25.6 Å². The van der Waals surface area contributed by atoms with Crippen molar-refractivity contribution in [2.24, 2.45) is 5.73 Å². The van der Waals surface area contributed by atoms with Crippen LogP contribution < -0.4 is 15.8 Å². The SMILES string of the molecule is COCC(CCN)NC(=O)c1ccc(OC)cc1O. The average Bonchev–Trinajstić information content (AvgIpc) is 2.38. The second-order valence-electron chi connectivity index (χ2n) is 4.09. The van der Waals surface area contributed by atoms with Crippen molar-refractivity contribution in [3.05, 3.63) is 23.8 Å². The van der Waals surface area contributed by atoms with Crippen molar-refractivity contribution in [2.75, 3.05) is 27.4 Å². The lowest BCUT2D eigenvalue weighted by molar-refractivity contribution is 0.0890. The molecule has 0 saturated carbocycles. The van der Waals surface area contributed by atoms with E-state index in [0.717, 1.165) is 0 Å². The third-order valence-corrected chi connectivity index (χ3v) is 2.67. The number of carbonyl (C=O) groups excluding carboxylic acids is 1. The molecule has 6 nitrogen and oxygen atoms in total. The molecule has 6 heteroatoms. The smallest absolute Gasteiger partial charge is 0.255 e. The molecule has 0 fully saturated rings. The van der Waals surface area contributed by atoms with E-state index in [0.29, 0.717) is 25.3 Å². The number of hydrogen-bond donors (Lipinski definition) is 3. The van der Waals surface area contributed by atoms with Crippen LogP contribution in [0.5, 0.6) is 11.5 Å². The van der Waals surface area contributed by atoms with E-state index in [2.05, 4.69) is 5.32 Å². The number of amides is 1. The Kier molecular flexibility index (Phi) is 6.11. The number of rotatable bonds is 7. The van der Waals surface area contributed by atoms with Gasteiger partial charge in [0.1, 0.15) is 11.5 Å². The zero-order chi connectivity index (χ0) is 14.3. The number of ether oxygens (including phenoxy) is 2. The van der Waals surface area contributed by atoms with Crippen LogP contribution in [0.15, 0.2) is 18.2 Å². The highest BCUT2D eigenvalue weighted by atomic mass is 16.5. The summed E-state index contributed by atoms with van der Waals surface area (Å²) in [5.74, 6) is 0.000804. The van der Waals surface area contributed by atoms with E-state index in [1.54, 1.807) is 13.2 Å². The highest BCUT2D eigenvalue weighted by molar-refractivity contribution is 5.97. The Bertz CT molecular complexity index is 417. The van der Waals surface area contributed by atoms with Crippen molar-refractivity contribution in [3.63, 3.8) is 0 Å². The van der Waals surface area contributed by atoms with Gasteiger partial charge >= 0.3 is 0 Å². The topological polar surface area (TPSA) is 93.8 Å². The average molecular weight is 268 g/mol. The molecule has 1 atom stereocenters. The Morgan fingerprint density at radius 3 is 2.74 bits per heavy atom. The van der Waals surface area contributed by atoms with Crippen LogP contribution in [-0.4, -0.2) is 44.4 Å². The molecule has 0 aliphatic heterocycles. The molecular formula is C13H20N2O4. The van der Waals surface area contributed by atoms with Gasteiger partial charge in [0.15, 0.2) is 0 Å². The van der Waals surface area contributed by atoms with E-state index in [4.69, 9.17) is 15.2 Å². The molecule has 0 saturated heterocycles. The number of phenols is 1. The molecule has 1 aromatic carbocycles. The summed E-state index contributed by atoms with van der Waals surface area (Å²) in [6.45, 7) is 0.822. The highest BCUT2D eigenvalue weighted by Gasteiger charge is 2.16. The molecule has 0 bridgehead atoms. The first-order valence-electron chi connectivity index (χ1n) is 5.99. The van der Waals surface area contributed by atoms with Crippen molar-refractivity contribution in [1.82, 2.24) is 5.32 Å². The summed E-state index contributed by atoms with van der Waals surface area (Å²) < 4.78 is 9.97. The van der Waals surface area contributed by atoms with Crippen molar-refractivity contribution in [2.45, 2.75) is 12.5 Å². The minimum atomic E-state index is -0.365. The lowest BCUT2D eigenvalue weighted by Gasteiger charge is -2.17. The van der Waals surface area contributed by atoms with E-state index in [-0.39, 0.29) is 23.3 Å². The van der Waals surface area contributed by atoms with Gasteiger partial charge in [-0.05, 0) is 25.1 Å². The van der Waals surface area contributed by atoms with Crippen LogP contribution in [0.4, 0.5) is 0 Å². The number of nitrogens with one attached hydrogen (secondary N) is 1. The van der Waals surface area contributed by atoms with Crippen molar-refractivity contribution in [1.29, 1.82) is 0 Å². The number of carbonyl (C=O) groups is 1. The Morgan fingerprint density at radius 1 is 1.47 bits per heavy atom. The molecule has 1 aromatic rings. The summed E-state index contributed by atoms with van der Waals surface area (Å²) in [7, 11) is 3.05. The fourth-order valence-electron chi connectivity index (χ4n) is 1.69. The van der Waals surface area contributed by atoms with Crippen molar-refractivity contribution >= 4 is 5.91 Å². The van der Waals surface area contributed by atoms with Gasteiger partial charge in [-0.1, -0.05) is 0 Å². The molecule has 0 aliphatic carbocycles. The van der Waals surface area contributed by atoms with E-state index in [9.17, 15) is 9.90 Å². The summed E-state index contributed by atoms with van der Waals surface area (Å²) >= 11 is 0. The van der Waals surface area contributed by atoms with Crippen LogP contribution in [-0.2, 0) is 4.74 Å². The molecule has 1 rings (SSSR count).